The van der Waals surface area contributed by atoms with Crippen LogP contribution in [-0.4, -0.2) is 36.5 Å². The third-order valence-corrected chi connectivity index (χ3v) is 3.85. The summed E-state index contributed by atoms with van der Waals surface area (Å²) in [5, 5.41) is 2.93. The van der Waals surface area contributed by atoms with E-state index in [1.54, 1.807) is 6.07 Å². The van der Waals surface area contributed by atoms with Crippen LogP contribution in [0.5, 0.6) is 0 Å². The van der Waals surface area contributed by atoms with E-state index in [2.05, 4.69) is 17.1 Å². The molecule has 4 heteroatoms. The van der Waals surface area contributed by atoms with Gasteiger partial charge in [0, 0.05) is 18.2 Å². The van der Waals surface area contributed by atoms with Crippen molar-refractivity contribution in [3.63, 3.8) is 0 Å². The first kappa shape index (κ1) is 14.0. The zero-order valence-electron chi connectivity index (χ0n) is 11.6. The third kappa shape index (κ3) is 3.32. The molecule has 1 fully saturated rings. The number of carbonyl (C=O) groups excluding carboxylic acids is 1. The SMILES string of the molecule is CCN1CCCC1CNC(=O)c1cc(F)ccc1C. The maximum Gasteiger partial charge on any atom is 0.251 e. The third-order valence-electron chi connectivity index (χ3n) is 3.85. The number of amides is 1. The van der Waals surface area contributed by atoms with Gasteiger partial charge in [0.1, 0.15) is 5.82 Å². The van der Waals surface area contributed by atoms with E-state index in [0.29, 0.717) is 18.2 Å². The lowest BCUT2D eigenvalue weighted by atomic mass is 10.1. The highest BCUT2D eigenvalue weighted by Gasteiger charge is 2.23. The monoisotopic (exact) mass is 264 g/mol. The number of aryl methyl sites for hydroxylation is 1. The lowest BCUT2D eigenvalue weighted by Gasteiger charge is -2.23. The van der Waals surface area contributed by atoms with Crippen LogP contribution in [0.2, 0.25) is 0 Å². The van der Waals surface area contributed by atoms with E-state index in [4.69, 9.17) is 0 Å². The summed E-state index contributed by atoms with van der Waals surface area (Å²) in [6.45, 7) is 6.72. The summed E-state index contributed by atoms with van der Waals surface area (Å²) in [6.07, 6.45) is 2.31. The van der Waals surface area contributed by atoms with Gasteiger partial charge in [-0.3, -0.25) is 9.69 Å². The first-order chi connectivity index (χ1) is 9.11. The second-order valence-electron chi connectivity index (χ2n) is 5.09. The first-order valence-corrected chi connectivity index (χ1v) is 6.90. The topological polar surface area (TPSA) is 32.3 Å². The Morgan fingerprint density at radius 2 is 2.32 bits per heavy atom. The second kappa shape index (κ2) is 6.15. The number of halogens is 1. The Kier molecular flexibility index (Phi) is 4.53. The van der Waals surface area contributed by atoms with Gasteiger partial charge in [0.25, 0.3) is 5.91 Å². The van der Waals surface area contributed by atoms with Crippen molar-refractivity contribution >= 4 is 5.91 Å². The van der Waals surface area contributed by atoms with Gasteiger partial charge in [0.15, 0.2) is 0 Å². The molecule has 0 saturated carbocycles. The molecule has 1 N–H and O–H groups in total. The Morgan fingerprint density at radius 1 is 1.53 bits per heavy atom. The summed E-state index contributed by atoms with van der Waals surface area (Å²) in [5.74, 6) is -0.549. The number of nitrogens with zero attached hydrogens (tertiary/aromatic N) is 1. The number of hydrogen-bond acceptors (Lipinski definition) is 2. The van der Waals surface area contributed by atoms with Crippen LogP contribution in [0.3, 0.4) is 0 Å². The highest BCUT2D eigenvalue weighted by Crippen LogP contribution is 2.16. The molecule has 0 aromatic heterocycles. The molecule has 1 amide bonds. The van der Waals surface area contributed by atoms with Gasteiger partial charge < -0.3 is 5.32 Å². The van der Waals surface area contributed by atoms with Gasteiger partial charge >= 0.3 is 0 Å². The van der Waals surface area contributed by atoms with E-state index < -0.39 is 0 Å². The van der Waals surface area contributed by atoms with Crippen LogP contribution >= 0.6 is 0 Å². The smallest absolute Gasteiger partial charge is 0.251 e. The van der Waals surface area contributed by atoms with Crippen molar-refractivity contribution in [3.8, 4) is 0 Å². The number of benzene rings is 1. The van der Waals surface area contributed by atoms with Gasteiger partial charge in [0.2, 0.25) is 0 Å². The summed E-state index contributed by atoms with van der Waals surface area (Å²) in [6, 6.07) is 4.74. The molecule has 1 atom stereocenters. The Morgan fingerprint density at radius 3 is 3.05 bits per heavy atom. The number of nitrogens with one attached hydrogen (secondary N) is 1. The highest BCUT2D eigenvalue weighted by molar-refractivity contribution is 5.95. The van der Waals surface area contributed by atoms with Crippen LogP contribution in [0.15, 0.2) is 18.2 Å². The van der Waals surface area contributed by atoms with Crippen LogP contribution < -0.4 is 5.32 Å². The van der Waals surface area contributed by atoms with Crippen LogP contribution in [0.4, 0.5) is 4.39 Å². The van der Waals surface area contributed by atoms with Crippen LogP contribution in [0.25, 0.3) is 0 Å². The van der Waals surface area contributed by atoms with Crippen molar-refractivity contribution in [1.82, 2.24) is 10.2 Å². The van der Waals surface area contributed by atoms with Crippen molar-refractivity contribution in [1.29, 1.82) is 0 Å². The molecule has 0 aliphatic carbocycles. The fraction of sp³-hybridized carbons (Fsp3) is 0.533. The van der Waals surface area contributed by atoms with Crippen LogP contribution in [0.1, 0.15) is 35.7 Å². The summed E-state index contributed by atoms with van der Waals surface area (Å²) in [4.78, 5) is 14.4. The van der Waals surface area contributed by atoms with Gasteiger partial charge in [0.05, 0.1) is 0 Å². The number of likely N-dealkylation sites (tertiary alicyclic amines) is 1. The minimum atomic E-state index is -0.369. The average molecular weight is 264 g/mol. The van der Waals surface area contributed by atoms with E-state index in [1.807, 2.05) is 6.92 Å². The first-order valence-electron chi connectivity index (χ1n) is 6.90. The maximum absolute atomic E-state index is 13.2. The largest absolute Gasteiger partial charge is 0.350 e. The van der Waals surface area contributed by atoms with Crippen molar-refractivity contribution < 1.29 is 9.18 Å². The Labute approximate surface area is 113 Å². The van der Waals surface area contributed by atoms with E-state index in [-0.39, 0.29) is 11.7 Å². The minimum absolute atomic E-state index is 0.181. The standard InChI is InChI=1S/C15H21FN2O/c1-3-18-8-4-5-13(18)10-17-15(19)14-9-12(16)7-6-11(14)2/h6-7,9,13H,3-5,8,10H2,1-2H3,(H,17,19). The van der Waals surface area contributed by atoms with Gasteiger partial charge in [-0.1, -0.05) is 13.0 Å². The molecule has 0 spiro atoms. The Balaban J connectivity index is 1.96. The minimum Gasteiger partial charge on any atom is -0.350 e. The highest BCUT2D eigenvalue weighted by atomic mass is 19.1. The molecule has 1 aromatic carbocycles. The summed E-state index contributed by atoms with van der Waals surface area (Å²) in [5.41, 5.74) is 1.23. The molecule has 19 heavy (non-hydrogen) atoms. The van der Waals surface area contributed by atoms with E-state index in [1.165, 1.54) is 18.6 Å². The Bertz CT molecular complexity index is 461. The summed E-state index contributed by atoms with van der Waals surface area (Å²) >= 11 is 0. The Hall–Kier alpha value is -1.42. The van der Waals surface area contributed by atoms with E-state index in [0.717, 1.165) is 25.1 Å². The summed E-state index contributed by atoms with van der Waals surface area (Å²) in [7, 11) is 0. The average Bonchev–Trinajstić information content (AvgIpc) is 2.86. The molecule has 1 aromatic rings. The quantitative estimate of drug-likeness (QED) is 0.905. The number of hydrogen-bond donors (Lipinski definition) is 1. The zero-order valence-corrected chi connectivity index (χ0v) is 11.6. The fourth-order valence-corrected chi connectivity index (χ4v) is 2.69. The molecule has 1 aliphatic heterocycles. The van der Waals surface area contributed by atoms with Crippen LogP contribution in [-0.2, 0) is 0 Å². The lowest BCUT2D eigenvalue weighted by Crippen LogP contribution is -2.40. The van der Waals surface area contributed by atoms with Gasteiger partial charge in [-0.25, -0.2) is 4.39 Å². The molecule has 0 bridgehead atoms. The molecule has 1 unspecified atom stereocenters. The fourth-order valence-electron chi connectivity index (χ4n) is 2.69. The van der Waals surface area contributed by atoms with Crippen molar-refractivity contribution in [2.24, 2.45) is 0 Å². The van der Waals surface area contributed by atoms with Crippen molar-refractivity contribution in [3.05, 3.63) is 35.1 Å². The zero-order chi connectivity index (χ0) is 13.8. The van der Waals surface area contributed by atoms with E-state index in [9.17, 15) is 9.18 Å². The molecular formula is C15H21FN2O. The number of likely N-dealkylation sites (N-methyl/N-ethyl adjacent to an activating group) is 1. The molecule has 0 radical (unpaired) electrons. The molecule has 1 saturated heterocycles. The van der Waals surface area contributed by atoms with Crippen LogP contribution in [0, 0.1) is 12.7 Å². The van der Waals surface area contributed by atoms with Gasteiger partial charge in [-0.05, 0) is 50.6 Å². The lowest BCUT2D eigenvalue weighted by molar-refractivity contribution is 0.0940. The number of carbonyl (C=O) groups is 1. The van der Waals surface area contributed by atoms with Gasteiger partial charge in [-0.15, -0.1) is 0 Å². The second-order valence-corrected chi connectivity index (χ2v) is 5.09. The molecule has 3 nitrogen and oxygen atoms in total. The molecule has 104 valence electrons. The molecule has 1 heterocycles. The molecule has 2 rings (SSSR count). The van der Waals surface area contributed by atoms with Crippen molar-refractivity contribution in [2.45, 2.75) is 32.7 Å². The van der Waals surface area contributed by atoms with Gasteiger partial charge in [-0.2, -0.15) is 0 Å². The molecule has 1 aliphatic rings. The number of rotatable bonds is 4. The molecular weight excluding hydrogens is 243 g/mol. The normalized spacial score (nSPS) is 19.6. The predicted octanol–water partition coefficient (Wildman–Crippen LogP) is 2.35. The maximum atomic E-state index is 13.2. The van der Waals surface area contributed by atoms with E-state index >= 15 is 0 Å². The van der Waals surface area contributed by atoms with Crippen molar-refractivity contribution in [2.75, 3.05) is 19.6 Å². The predicted molar refractivity (Wildman–Crippen MR) is 73.7 cm³/mol. The summed E-state index contributed by atoms with van der Waals surface area (Å²) < 4.78 is 13.2.